The summed E-state index contributed by atoms with van der Waals surface area (Å²) in [4.78, 5) is 37.9. The summed E-state index contributed by atoms with van der Waals surface area (Å²) in [7, 11) is 0. The van der Waals surface area contributed by atoms with E-state index in [1.807, 2.05) is 0 Å². The molecule has 0 bridgehead atoms. The van der Waals surface area contributed by atoms with Crippen LogP contribution in [0, 0.1) is 0 Å². The summed E-state index contributed by atoms with van der Waals surface area (Å²) in [5, 5.41) is 0. The van der Waals surface area contributed by atoms with Crippen LogP contribution in [0.2, 0.25) is 0 Å². The molecule has 0 saturated carbocycles. The first-order chi connectivity index (χ1) is 30.5. The standard InChI is InChI=1S/C56H94O6/c1-4-7-10-13-16-19-22-25-27-28-30-31-34-37-40-43-46-49-55(58)61-52-53(51-60-54(57)48-45-42-39-36-33-24-21-18-15-12-9-6-3)62-56(59)50-47-44-41-38-35-32-29-26-23-20-17-14-11-8-5-2/h8,11,16-17,19-20,25-27,29-31,35,38,53H,4-7,9-10,12-15,18,21-24,28,32-34,36-37,39-52H2,1-3H3/b11-8-,19-16-,20-17-,27-25-,29-26-,31-30-,38-35-/t53-/m1/s1. The zero-order valence-corrected chi connectivity index (χ0v) is 40.4. The third kappa shape index (κ3) is 47.6. The van der Waals surface area contributed by atoms with Crippen molar-refractivity contribution in [2.45, 2.75) is 239 Å². The molecular weight excluding hydrogens is 769 g/mol. The Bertz CT molecular complexity index is 1220. The van der Waals surface area contributed by atoms with Crippen molar-refractivity contribution in [2.24, 2.45) is 0 Å². The molecule has 354 valence electrons. The number of carbonyl (C=O) groups excluding carboxylic acids is 3. The molecule has 0 saturated heterocycles. The second kappa shape index (κ2) is 50.2. The van der Waals surface area contributed by atoms with E-state index in [-0.39, 0.29) is 37.5 Å². The van der Waals surface area contributed by atoms with Gasteiger partial charge >= 0.3 is 17.9 Å². The van der Waals surface area contributed by atoms with Gasteiger partial charge in [0.25, 0.3) is 0 Å². The molecule has 0 fully saturated rings. The van der Waals surface area contributed by atoms with Crippen molar-refractivity contribution in [3.05, 3.63) is 85.1 Å². The van der Waals surface area contributed by atoms with Crippen molar-refractivity contribution in [1.29, 1.82) is 0 Å². The number of rotatable bonds is 45. The minimum absolute atomic E-state index is 0.0997. The molecule has 6 nitrogen and oxygen atoms in total. The minimum atomic E-state index is -0.805. The molecule has 0 heterocycles. The molecule has 0 aliphatic rings. The lowest BCUT2D eigenvalue weighted by Gasteiger charge is -2.18. The van der Waals surface area contributed by atoms with Crippen LogP contribution in [0.25, 0.3) is 0 Å². The Morgan fingerprint density at radius 3 is 1.05 bits per heavy atom. The third-order valence-electron chi connectivity index (χ3n) is 10.6. The summed E-state index contributed by atoms with van der Waals surface area (Å²) in [5.74, 6) is -0.965. The van der Waals surface area contributed by atoms with E-state index in [9.17, 15) is 14.4 Å². The van der Waals surface area contributed by atoms with Gasteiger partial charge in [-0.3, -0.25) is 14.4 Å². The van der Waals surface area contributed by atoms with Gasteiger partial charge in [0, 0.05) is 19.3 Å². The molecular formula is C56H94O6. The predicted octanol–water partition coefficient (Wildman–Crippen LogP) is 16.8. The summed E-state index contributed by atoms with van der Waals surface area (Å²) in [6.45, 7) is 6.43. The van der Waals surface area contributed by atoms with Crippen LogP contribution in [-0.4, -0.2) is 37.2 Å². The van der Waals surface area contributed by atoms with E-state index in [1.165, 1.54) is 83.5 Å². The fraction of sp³-hybridized carbons (Fsp3) is 0.696. The highest BCUT2D eigenvalue weighted by Gasteiger charge is 2.19. The Morgan fingerprint density at radius 1 is 0.339 bits per heavy atom. The van der Waals surface area contributed by atoms with E-state index in [2.05, 4.69) is 106 Å². The monoisotopic (exact) mass is 863 g/mol. The van der Waals surface area contributed by atoms with Crippen LogP contribution in [0.15, 0.2) is 85.1 Å². The zero-order valence-electron chi connectivity index (χ0n) is 40.4. The van der Waals surface area contributed by atoms with Gasteiger partial charge in [0.15, 0.2) is 6.10 Å². The van der Waals surface area contributed by atoms with Gasteiger partial charge in [0.1, 0.15) is 13.2 Å². The lowest BCUT2D eigenvalue weighted by atomic mass is 10.0. The molecule has 0 radical (unpaired) electrons. The van der Waals surface area contributed by atoms with Crippen LogP contribution in [-0.2, 0) is 28.6 Å². The molecule has 6 heteroatoms. The van der Waals surface area contributed by atoms with Crippen LogP contribution in [0.3, 0.4) is 0 Å². The first kappa shape index (κ1) is 58.6. The predicted molar refractivity (Wildman–Crippen MR) is 265 cm³/mol. The van der Waals surface area contributed by atoms with Crippen molar-refractivity contribution >= 4 is 17.9 Å². The summed E-state index contributed by atoms with van der Waals surface area (Å²) in [6, 6.07) is 0. The van der Waals surface area contributed by atoms with Crippen LogP contribution in [0.1, 0.15) is 233 Å². The Kier molecular flexibility index (Phi) is 47.5. The van der Waals surface area contributed by atoms with Crippen LogP contribution < -0.4 is 0 Å². The zero-order chi connectivity index (χ0) is 45.1. The Balaban J connectivity index is 4.49. The maximum absolute atomic E-state index is 12.8. The molecule has 1 atom stereocenters. The van der Waals surface area contributed by atoms with E-state index in [4.69, 9.17) is 14.2 Å². The van der Waals surface area contributed by atoms with Crippen molar-refractivity contribution < 1.29 is 28.6 Å². The summed E-state index contributed by atoms with van der Waals surface area (Å²) < 4.78 is 16.7. The maximum atomic E-state index is 12.8. The highest BCUT2D eigenvalue weighted by atomic mass is 16.6. The number of hydrogen-bond acceptors (Lipinski definition) is 6. The number of carbonyl (C=O) groups is 3. The average Bonchev–Trinajstić information content (AvgIpc) is 3.27. The number of esters is 3. The van der Waals surface area contributed by atoms with Gasteiger partial charge < -0.3 is 14.2 Å². The smallest absolute Gasteiger partial charge is 0.306 e. The molecule has 0 aliphatic carbocycles. The Labute approximate surface area is 382 Å². The molecule has 0 aromatic carbocycles. The third-order valence-corrected chi connectivity index (χ3v) is 10.6. The van der Waals surface area contributed by atoms with Gasteiger partial charge in [-0.1, -0.05) is 202 Å². The molecule has 0 unspecified atom stereocenters. The molecule has 0 aromatic rings. The second-order valence-corrected chi connectivity index (χ2v) is 16.7. The van der Waals surface area contributed by atoms with E-state index < -0.39 is 6.10 Å². The fourth-order valence-corrected chi connectivity index (χ4v) is 6.79. The van der Waals surface area contributed by atoms with Gasteiger partial charge in [-0.05, 0) is 96.3 Å². The summed E-state index contributed by atoms with van der Waals surface area (Å²) in [6.07, 6.45) is 64.2. The van der Waals surface area contributed by atoms with Gasteiger partial charge in [-0.15, -0.1) is 0 Å². The lowest BCUT2D eigenvalue weighted by Crippen LogP contribution is -2.30. The Morgan fingerprint density at radius 2 is 0.629 bits per heavy atom. The molecule has 0 amide bonds. The van der Waals surface area contributed by atoms with Crippen molar-refractivity contribution in [3.63, 3.8) is 0 Å². The number of hydrogen-bond donors (Lipinski definition) is 0. The highest BCUT2D eigenvalue weighted by molar-refractivity contribution is 5.71. The van der Waals surface area contributed by atoms with Crippen molar-refractivity contribution in [2.75, 3.05) is 13.2 Å². The van der Waals surface area contributed by atoms with Crippen LogP contribution in [0.5, 0.6) is 0 Å². The fourth-order valence-electron chi connectivity index (χ4n) is 6.79. The largest absolute Gasteiger partial charge is 0.462 e. The lowest BCUT2D eigenvalue weighted by molar-refractivity contribution is -0.167. The average molecular weight is 863 g/mol. The van der Waals surface area contributed by atoms with Gasteiger partial charge in [-0.2, -0.15) is 0 Å². The molecule has 0 N–H and O–H groups in total. The van der Waals surface area contributed by atoms with Crippen LogP contribution in [0.4, 0.5) is 0 Å². The summed E-state index contributed by atoms with van der Waals surface area (Å²) >= 11 is 0. The Hall–Kier alpha value is -3.41. The SMILES string of the molecule is CC/C=C\C/C=C\C/C=C\C/C=C\CCCCC(=O)O[C@@H](COC(=O)CCCCCC/C=C\C/C=C\C/C=C\CCCCC)COC(=O)CCCCCCCCCCCCCC. The van der Waals surface area contributed by atoms with Gasteiger partial charge in [0.2, 0.25) is 0 Å². The summed E-state index contributed by atoms with van der Waals surface area (Å²) in [5.41, 5.74) is 0. The van der Waals surface area contributed by atoms with E-state index in [1.54, 1.807) is 0 Å². The molecule has 0 aromatic heterocycles. The van der Waals surface area contributed by atoms with Crippen LogP contribution >= 0.6 is 0 Å². The van der Waals surface area contributed by atoms with Crippen molar-refractivity contribution in [3.8, 4) is 0 Å². The number of unbranched alkanes of at least 4 members (excludes halogenated alkanes) is 20. The normalized spacial score (nSPS) is 12.8. The van der Waals surface area contributed by atoms with Gasteiger partial charge in [-0.25, -0.2) is 0 Å². The molecule has 0 aliphatic heterocycles. The maximum Gasteiger partial charge on any atom is 0.306 e. The first-order valence-corrected chi connectivity index (χ1v) is 25.6. The van der Waals surface area contributed by atoms with E-state index in [0.29, 0.717) is 19.3 Å². The molecule has 62 heavy (non-hydrogen) atoms. The first-order valence-electron chi connectivity index (χ1n) is 25.6. The van der Waals surface area contributed by atoms with E-state index in [0.717, 1.165) is 103 Å². The number of allylic oxidation sites excluding steroid dienone is 14. The minimum Gasteiger partial charge on any atom is -0.462 e. The molecule has 0 rings (SSSR count). The quantitative estimate of drug-likeness (QED) is 0.0263. The second-order valence-electron chi connectivity index (χ2n) is 16.7. The topological polar surface area (TPSA) is 78.9 Å². The van der Waals surface area contributed by atoms with Crippen molar-refractivity contribution in [1.82, 2.24) is 0 Å². The molecule has 0 spiro atoms. The number of ether oxygens (including phenoxy) is 3. The highest BCUT2D eigenvalue weighted by Crippen LogP contribution is 2.14. The van der Waals surface area contributed by atoms with E-state index >= 15 is 0 Å². The van der Waals surface area contributed by atoms with Gasteiger partial charge in [0.05, 0.1) is 0 Å².